The van der Waals surface area contributed by atoms with E-state index >= 15 is 0 Å². The molecule has 0 radical (unpaired) electrons. The summed E-state index contributed by atoms with van der Waals surface area (Å²) in [7, 11) is 2.16. The highest BCUT2D eigenvalue weighted by molar-refractivity contribution is 5.19. The Morgan fingerprint density at radius 2 is 2.24 bits per heavy atom. The van der Waals surface area contributed by atoms with Crippen molar-refractivity contribution >= 4 is 0 Å². The lowest BCUT2D eigenvalue weighted by atomic mass is 10.1. The fourth-order valence-corrected chi connectivity index (χ4v) is 2.29. The normalized spacial score (nSPS) is 17.6. The average Bonchev–Trinajstić information content (AvgIpc) is 2.40. The van der Waals surface area contributed by atoms with Crippen molar-refractivity contribution in [2.24, 2.45) is 5.73 Å². The minimum Gasteiger partial charge on any atom is -0.381 e. The predicted octanol–water partition coefficient (Wildman–Crippen LogP) is 1.15. The molecular formula is C13H21N3O. The summed E-state index contributed by atoms with van der Waals surface area (Å²) in [6.45, 7) is 3.19. The van der Waals surface area contributed by atoms with Crippen molar-refractivity contribution in [2.75, 3.05) is 20.3 Å². The maximum absolute atomic E-state index is 5.73. The third kappa shape index (κ3) is 3.25. The summed E-state index contributed by atoms with van der Waals surface area (Å²) in [5.74, 6) is 0. The summed E-state index contributed by atoms with van der Waals surface area (Å²) >= 11 is 0. The number of rotatable bonds is 4. The highest BCUT2D eigenvalue weighted by Crippen LogP contribution is 2.16. The van der Waals surface area contributed by atoms with Crippen LogP contribution in [0.4, 0.5) is 0 Å². The molecule has 1 aromatic heterocycles. The van der Waals surface area contributed by atoms with E-state index in [0.29, 0.717) is 12.6 Å². The molecule has 0 atom stereocenters. The summed E-state index contributed by atoms with van der Waals surface area (Å²) in [6.07, 6.45) is 4.06. The lowest BCUT2D eigenvalue weighted by Crippen LogP contribution is -2.36. The second-order valence-corrected chi connectivity index (χ2v) is 4.57. The summed E-state index contributed by atoms with van der Waals surface area (Å²) in [4.78, 5) is 6.80. The van der Waals surface area contributed by atoms with Crippen molar-refractivity contribution in [3.05, 3.63) is 29.6 Å². The zero-order valence-corrected chi connectivity index (χ0v) is 10.4. The van der Waals surface area contributed by atoms with Crippen molar-refractivity contribution in [1.82, 2.24) is 9.88 Å². The molecule has 0 unspecified atom stereocenters. The highest BCUT2D eigenvalue weighted by Gasteiger charge is 2.19. The van der Waals surface area contributed by atoms with E-state index in [-0.39, 0.29) is 0 Å². The first kappa shape index (κ1) is 12.5. The molecule has 1 aromatic rings. The topological polar surface area (TPSA) is 51.4 Å². The summed E-state index contributed by atoms with van der Waals surface area (Å²) < 4.78 is 5.38. The molecule has 17 heavy (non-hydrogen) atoms. The fourth-order valence-electron chi connectivity index (χ4n) is 2.29. The van der Waals surface area contributed by atoms with Gasteiger partial charge >= 0.3 is 0 Å². The van der Waals surface area contributed by atoms with Gasteiger partial charge in [-0.1, -0.05) is 6.07 Å². The molecule has 0 amide bonds. The molecule has 2 heterocycles. The zero-order chi connectivity index (χ0) is 12.1. The van der Waals surface area contributed by atoms with E-state index in [1.165, 1.54) is 0 Å². The van der Waals surface area contributed by atoms with Gasteiger partial charge in [-0.15, -0.1) is 0 Å². The highest BCUT2D eigenvalue weighted by atomic mass is 16.5. The first-order valence-corrected chi connectivity index (χ1v) is 6.22. The Balaban J connectivity index is 1.99. The predicted molar refractivity (Wildman–Crippen MR) is 67.4 cm³/mol. The fraction of sp³-hybridized carbons (Fsp3) is 0.615. The maximum atomic E-state index is 5.73. The van der Waals surface area contributed by atoms with Crippen LogP contribution in [0.1, 0.15) is 24.1 Å². The third-order valence-electron chi connectivity index (χ3n) is 3.42. The van der Waals surface area contributed by atoms with Crippen LogP contribution in [0.2, 0.25) is 0 Å². The minimum absolute atomic E-state index is 0.560. The molecule has 4 nitrogen and oxygen atoms in total. The smallest absolute Gasteiger partial charge is 0.0588 e. The molecule has 0 saturated carbocycles. The van der Waals surface area contributed by atoms with E-state index in [4.69, 9.17) is 10.5 Å². The van der Waals surface area contributed by atoms with Gasteiger partial charge in [-0.05, 0) is 31.5 Å². The standard InChI is InChI=1S/C13H21N3O/c1-16(12-4-7-17-8-5-12)10-13-11(9-14)3-2-6-15-13/h2-3,6,12H,4-5,7-10,14H2,1H3. The largest absolute Gasteiger partial charge is 0.381 e. The van der Waals surface area contributed by atoms with Gasteiger partial charge in [-0.3, -0.25) is 9.88 Å². The number of ether oxygens (including phenoxy) is 1. The van der Waals surface area contributed by atoms with Gasteiger partial charge in [0.05, 0.1) is 5.69 Å². The Kier molecular flexibility index (Phi) is 4.48. The van der Waals surface area contributed by atoms with Gasteiger partial charge in [0.25, 0.3) is 0 Å². The Hall–Kier alpha value is -0.970. The van der Waals surface area contributed by atoms with Gasteiger partial charge in [0.1, 0.15) is 0 Å². The Morgan fingerprint density at radius 3 is 2.94 bits per heavy atom. The quantitative estimate of drug-likeness (QED) is 0.850. The molecule has 1 aliphatic rings. The van der Waals surface area contributed by atoms with E-state index in [9.17, 15) is 0 Å². The Bertz CT molecular complexity index is 350. The molecule has 94 valence electrons. The second-order valence-electron chi connectivity index (χ2n) is 4.57. The molecule has 0 aliphatic carbocycles. The van der Waals surface area contributed by atoms with Gasteiger partial charge in [-0.25, -0.2) is 0 Å². The van der Waals surface area contributed by atoms with Gasteiger partial charge in [0.15, 0.2) is 0 Å². The monoisotopic (exact) mass is 235 g/mol. The molecule has 0 spiro atoms. The van der Waals surface area contributed by atoms with Gasteiger partial charge in [0.2, 0.25) is 0 Å². The minimum atomic E-state index is 0.560. The molecule has 1 fully saturated rings. The van der Waals surface area contributed by atoms with Crippen LogP contribution in [0, 0.1) is 0 Å². The summed E-state index contributed by atoms with van der Waals surface area (Å²) in [5, 5.41) is 0. The van der Waals surface area contributed by atoms with E-state index in [0.717, 1.165) is 43.9 Å². The van der Waals surface area contributed by atoms with Gasteiger partial charge < -0.3 is 10.5 Å². The first-order valence-electron chi connectivity index (χ1n) is 6.22. The number of nitrogens with zero attached hydrogens (tertiary/aromatic N) is 2. The molecule has 2 N–H and O–H groups in total. The van der Waals surface area contributed by atoms with E-state index in [1.54, 1.807) is 0 Å². The lowest BCUT2D eigenvalue weighted by molar-refractivity contribution is 0.0402. The Morgan fingerprint density at radius 1 is 1.47 bits per heavy atom. The number of nitrogens with two attached hydrogens (primary N) is 1. The number of hydrogen-bond donors (Lipinski definition) is 1. The van der Waals surface area contributed by atoms with Crippen LogP contribution in [-0.2, 0) is 17.8 Å². The maximum Gasteiger partial charge on any atom is 0.0588 e. The third-order valence-corrected chi connectivity index (χ3v) is 3.42. The van der Waals surface area contributed by atoms with Crippen molar-refractivity contribution < 1.29 is 4.74 Å². The van der Waals surface area contributed by atoms with Crippen molar-refractivity contribution in [3.8, 4) is 0 Å². The summed E-state index contributed by atoms with van der Waals surface area (Å²) in [6, 6.07) is 4.61. The SMILES string of the molecule is CN(Cc1ncccc1CN)C1CCOCC1. The second kappa shape index (κ2) is 6.10. The van der Waals surface area contributed by atoms with Gasteiger partial charge in [-0.2, -0.15) is 0 Å². The van der Waals surface area contributed by atoms with Crippen LogP contribution < -0.4 is 5.73 Å². The molecule has 1 aliphatic heterocycles. The zero-order valence-electron chi connectivity index (χ0n) is 10.4. The van der Waals surface area contributed by atoms with Crippen molar-refractivity contribution in [1.29, 1.82) is 0 Å². The Labute approximate surface area is 103 Å². The van der Waals surface area contributed by atoms with E-state index in [2.05, 4.69) is 23.0 Å². The van der Waals surface area contributed by atoms with Crippen LogP contribution in [-0.4, -0.2) is 36.2 Å². The van der Waals surface area contributed by atoms with Crippen LogP contribution >= 0.6 is 0 Å². The average molecular weight is 235 g/mol. The lowest BCUT2D eigenvalue weighted by Gasteiger charge is -2.31. The first-order chi connectivity index (χ1) is 8.31. The van der Waals surface area contributed by atoms with Gasteiger partial charge in [0, 0.05) is 38.5 Å². The molecule has 4 heteroatoms. The number of pyridine rings is 1. The molecule has 0 aromatic carbocycles. The van der Waals surface area contributed by atoms with Crippen molar-refractivity contribution in [3.63, 3.8) is 0 Å². The number of aromatic nitrogens is 1. The molecule has 1 saturated heterocycles. The van der Waals surface area contributed by atoms with E-state index < -0.39 is 0 Å². The molecular weight excluding hydrogens is 214 g/mol. The van der Waals surface area contributed by atoms with Crippen LogP contribution in [0.3, 0.4) is 0 Å². The van der Waals surface area contributed by atoms with Crippen LogP contribution in [0.5, 0.6) is 0 Å². The number of hydrogen-bond acceptors (Lipinski definition) is 4. The van der Waals surface area contributed by atoms with Crippen LogP contribution in [0.15, 0.2) is 18.3 Å². The molecule has 2 rings (SSSR count). The van der Waals surface area contributed by atoms with Crippen molar-refractivity contribution in [2.45, 2.75) is 32.0 Å². The van der Waals surface area contributed by atoms with Crippen LogP contribution in [0.25, 0.3) is 0 Å². The molecule has 0 bridgehead atoms. The van der Waals surface area contributed by atoms with E-state index in [1.807, 2.05) is 12.3 Å². The summed E-state index contributed by atoms with van der Waals surface area (Å²) in [5.41, 5.74) is 7.97.